The molecule has 0 aliphatic carbocycles. The predicted octanol–water partition coefficient (Wildman–Crippen LogP) is 4.50. The Labute approximate surface area is 173 Å². The molecule has 1 unspecified atom stereocenters. The summed E-state index contributed by atoms with van der Waals surface area (Å²) in [7, 11) is 0. The van der Waals surface area contributed by atoms with Crippen LogP contribution >= 0.6 is 0 Å². The second kappa shape index (κ2) is 15.4. The Hall–Kier alpha value is -2.56. The second-order valence-corrected chi connectivity index (χ2v) is 6.64. The van der Waals surface area contributed by atoms with Gasteiger partial charge >= 0.3 is 0 Å². The summed E-state index contributed by atoms with van der Waals surface area (Å²) in [4.78, 5) is 29.4. The molecule has 1 aromatic heterocycles. The smallest absolute Gasteiger partial charge is 0.269 e. The molecule has 0 fully saturated rings. The molecule has 5 nitrogen and oxygen atoms in total. The highest BCUT2D eigenvalue weighted by atomic mass is 19.1. The van der Waals surface area contributed by atoms with Gasteiger partial charge in [-0.2, -0.15) is 0 Å². The zero-order valence-electron chi connectivity index (χ0n) is 18.3. The van der Waals surface area contributed by atoms with E-state index in [9.17, 15) is 14.0 Å². The zero-order chi connectivity index (χ0) is 22.2. The number of Topliss-reactive ketones (excluding diaryl/α,β-unsaturated/α-hetero) is 1. The highest BCUT2D eigenvalue weighted by Crippen LogP contribution is 2.18. The van der Waals surface area contributed by atoms with Crippen molar-refractivity contribution < 1.29 is 9.18 Å². The molecule has 0 bridgehead atoms. The molecule has 2 N–H and O–H groups in total. The van der Waals surface area contributed by atoms with Crippen LogP contribution in [0.25, 0.3) is 0 Å². The van der Waals surface area contributed by atoms with Crippen LogP contribution in [0.5, 0.6) is 0 Å². The van der Waals surface area contributed by atoms with Crippen molar-refractivity contribution in [2.45, 2.75) is 53.9 Å². The first kappa shape index (κ1) is 26.4. The minimum absolute atomic E-state index is 0.0137. The number of halogens is 1. The lowest BCUT2D eigenvalue weighted by atomic mass is 9.92. The van der Waals surface area contributed by atoms with Crippen LogP contribution < -0.4 is 10.9 Å². The van der Waals surface area contributed by atoms with E-state index < -0.39 is 0 Å². The van der Waals surface area contributed by atoms with Gasteiger partial charge in [-0.1, -0.05) is 26.5 Å². The van der Waals surface area contributed by atoms with Crippen molar-refractivity contribution in [1.29, 1.82) is 0 Å². The first-order chi connectivity index (χ1) is 13.8. The normalized spacial score (nSPS) is 11.9. The number of aromatic nitrogens is 2. The Kier molecular flexibility index (Phi) is 14.0. The summed E-state index contributed by atoms with van der Waals surface area (Å²) in [6.45, 7) is 14.1. The summed E-state index contributed by atoms with van der Waals surface area (Å²) in [5, 5.41) is 3.21. The molecule has 0 amide bonds. The van der Waals surface area contributed by atoms with Crippen LogP contribution in [-0.2, 0) is 4.79 Å². The topological polar surface area (TPSA) is 74.8 Å². The van der Waals surface area contributed by atoms with Gasteiger partial charge in [0, 0.05) is 24.2 Å². The van der Waals surface area contributed by atoms with Crippen molar-refractivity contribution in [2.75, 3.05) is 13.1 Å². The average molecular weight is 404 g/mol. The molecule has 0 aliphatic rings. The van der Waals surface area contributed by atoms with E-state index in [1.807, 2.05) is 13.8 Å². The van der Waals surface area contributed by atoms with Gasteiger partial charge in [0.2, 0.25) is 0 Å². The van der Waals surface area contributed by atoms with Crippen LogP contribution in [0.2, 0.25) is 0 Å². The molecular weight excluding hydrogens is 369 g/mol. The maximum atomic E-state index is 13.4. The van der Waals surface area contributed by atoms with Gasteiger partial charge in [-0.15, -0.1) is 5.73 Å². The highest BCUT2D eigenvalue weighted by molar-refractivity contribution is 5.83. The number of hydrogen-bond donors (Lipinski definition) is 2. The number of H-pyrrole nitrogens is 1. The summed E-state index contributed by atoms with van der Waals surface area (Å²) in [6, 6.07) is 0. The average Bonchev–Trinajstić information content (AvgIpc) is 2.68. The number of aryl methyl sites for hydroxylation is 2. The van der Waals surface area contributed by atoms with E-state index in [1.54, 1.807) is 32.2 Å². The lowest BCUT2D eigenvalue weighted by Gasteiger charge is -2.14. The molecule has 0 saturated heterocycles. The fourth-order valence-electron chi connectivity index (χ4n) is 2.42. The summed E-state index contributed by atoms with van der Waals surface area (Å²) in [5.74, 6) is -0.251. The Bertz CT molecular complexity index is 799. The largest absolute Gasteiger partial charge is 0.323 e. The molecule has 1 rings (SSSR count). The van der Waals surface area contributed by atoms with Crippen LogP contribution in [0.4, 0.5) is 4.39 Å². The number of nitrogens with one attached hydrogen (secondary N) is 2. The lowest BCUT2D eigenvalue weighted by Crippen LogP contribution is -2.22. The third-order valence-corrected chi connectivity index (χ3v) is 4.24. The van der Waals surface area contributed by atoms with E-state index in [0.29, 0.717) is 11.3 Å². The minimum Gasteiger partial charge on any atom is -0.323 e. The molecule has 1 atom stereocenters. The van der Waals surface area contributed by atoms with E-state index in [1.165, 1.54) is 13.0 Å². The van der Waals surface area contributed by atoms with Crippen LogP contribution in [0.15, 0.2) is 52.9 Å². The molecule has 29 heavy (non-hydrogen) atoms. The maximum Gasteiger partial charge on any atom is 0.269 e. The number of nitrogens with zero attached hydrogens (tertiary/aromatic N) is 1. The van der Waals surface area contributed by atoms with Crippen molar-refractivity contribution in [3.63, 3.8) is 0 Å². The first-order valence-corrected chi connectivity index (χ1v) is 9.91. The van der Waals surface area contributed by atoms with Crippen LogP contribution in [0.3, 0.4) is 0 Å². The Morgan fingerprint density at radius 3 is 2.59 bits per heavy atom. The number of allylic oxidation sites excluding steroid dienone is 4. The van der Waals surface area contributed by atoms with Gasteiger partial charge in [0.25, 0.3) is 5.56 Å². The molecule has 6 heteroatoms. The van der Waals surface area contributed by atoms with E-state index in [4.69, 9.17) is 0 Å². The van der Waals surface area contributed by atoms with Gasteiger partial charge in [0.15, 0.2) is 0 Å². The Morgan fingerprint density at radius 2 is 2.10 bits per heavy atom. The number of rotatable bonds is 10. The van der Waals surface area contributed by atoms with Crippen LogP contribution in [0.1, 0.15) is 51.4 Å². The fourth-order valence-corrected chi connectivity index (χ4v) is 2.42. The monoisotopic (exact) mass is 403 g/mol. The van der Waals surface area contributed by atoms with Gasteiger partial charge in [-0.25, -0.2) is 4.39 Å². The van der Waals surface area contributed by atoms with E-state index in [-0.39, 0.29) is 29.5 Å². The van der Waals surface area contributed by atoms with Crippen molar-refractivity contribution >= 4 is 5.78 Å². The van der Waals surface area contributed by atoms with Gasteiger partial charge in [-0.05, 0) is 64.4 Å². The molecule has 0 aliphatic heterocycles. The number of aromatic amines is 1. The third kappa shape index (κ3) is 11.8. The molecule has 0 spiro atoms. The molecule has 0 aromatic carbocycles. The van der Waals surface area contributed by atoms with Crippen molar-refractivity contribution in [3.8, 4) is 0 Å². The van der Waals surface area contributed by atoms with Crippen molar-refractivity contribution in [3.05, 3.63) is 69.9 Å². The van der Waals surface area contributed by atoms with Crippen molar-refractivity contribution in [1.82, 2.24) is 15.3 Å². The molecule has 1 heterocycles. The Morgan fingerprint density at radius 1 is 1.41 bits per heavy atom. The quantitative estimate of drug-likeness (QED) is 0.343. The Balaban J connectivity index is 0.000000717. The van der Waals surface area contributed by atoms with Crippen LogP contribution in [-0.4, -0.2) is 28.8 Å². The predicted molar refractivity (Wildman–Crippen MR) is 118 cm³/mol. The lowest BCUT2D eigenvalue weighted by molar-refractivity contribution is -0.122. The van der Waals surface area contributed by atoms with E-state index in [2.05, 4.69) is 27.6 Å². The van der Waals surface area contributed by atoms with E-state index in [0.717, 1.165) is 31.6 Å². The molecule has 160 valence electrons. The number of hydrogen-bond acceptors (Lipinski definition) is 4. The third-order valence-electron chi connectivity index (χ3n) is 4.24. The van der Waals surface area contributed by atoms with Crippen LogP contribution in [0, 0.1) is 19.8 Å². The summed E-state index contributed by atoms with van der Waals surface area (Å²) in [5.41, 5.74) is 4.41. The standard InChI is InChI=1S/C17H26FNO.C6H8N2O/c1-5-8-9-10-16(14(4)18)13-17(20)15(6-2)11-12-19-7-3;1-4-3-7-5(2)6(9)8-4/h5,8,10,15,19H,1,6-7,11-13H2,2-4H3;3H,1-2H3,(H,8,9)/b16-14-;. The molecule has 0 radical (unpaired) electrons. The molecular formula is C23H34FN3O2. The number of ketones is 1. The van der Waals surface area contributed by atoms with Gasteiger partial charge in [-0.3, -0.25) is 14.6 Å². The number of carbonyl (C=O) groups is 1. The molecule has 0 saturated carbocycles. The summed E-state index contributed by atoms with van der Waals surface area (Å²) >= 11 is 0. The van der Waals surface area contributed by atoms with E-state index >= 15 is 0 Å². The SMILES string of the molecule is C=CC=C=C/C(CC(=O)C(CC)CCNCC)=C(\C)F.Cc1cnc(C)c(=O)[nH]1. The zero-order valence-corrected chi connectivity index (χ0v) is 18.3. The van der Waals surface area contributed by atoms with Gasteiger partial charge in [0.1, 0.15) is 17.3 Å². The van der Waals surface area contributed by atoms with Gasteiger partial charge < -0.3 is 10.3 Å². The molecule has 1 aromatic rings. The van der Waals surface area contributed by atoms with Gasteiger partial charge in [0.05, 0.1) is 0 Å². The van der Waals surface area contributed by atoms with Crippen molar-refractivity contribution in [2.24, 2.45) is 5.92 Å². The first-order valence-electron chi connectivity index (χ1n) is 9.91. The second-order valence-electron chi connectivity index (χ2n) is 6.64. The maximum absolute atomic E-state index is 13.4. The fraction of sp³-hybridized carbons (Fsp3) is 0.478. The highest BCUT2D eigenvalue weighted by Gasteiger charge is 2.17. The summed E-state index contributed by atoms with van der Waals surface area (Å²) < 4.78 is 13.4. The number of carbonyl (C=O) groups excluding carboxylic acids is 1. The summed E-state index contributed by atoms with van der Waals surface area (Å²) in [6.07, 6.45) is 8.03. The minimum atomic E-state index is -0.329.